The molecule has 0 saturated carbocycles. The maximum absolute atomic E-state index is 11.9. The number of aromatic nitrogens is 1. The first-order chi connectivity index (χ1) is 5.02. The molecule has 0 aliphatic heterocycles. The van der Waals surface area contributed by atoms with Crippen molar-refractivity contribution in [1.82, 2.24) is 4.98 Å². The van der Waals surface area contributed by atoms with Crippen LogP contribution in [-0.2, 0) is 6.18 Å². The molecular formula is C6H2ClF3N. The Hall–Kier alpha value is -0.770. The quantitative estimate of drug-likeness (QED) is 0.598. The van der Waals surface area contributed by atoms with E-state index in [2.05, 4.69) is 11.2 Å². The summed E-state index contributed by atoms with van der Waals surface area (Å²) in [6, 6.07) is 0.977. The van der Waals surface area contributed by atoms with E-state index in [4.69, 9.17) is 11.6 Å². The first-order valence-electron chi connectivity index (χ1n) is 2.60. The highest BCUT2D eigenvalue weighted by Crippen LogP contribution is 2.33. The first kappa shape index (κ1) is 8.33. The van der Waals surface area contributed by atoms with E-state index in [1.54, 1.807) is 0 Å². The van der Waals surface area contributed by atoms with Crippen molar-refractivity contribution in [2.24, 2.45) is 0 Å². The zero-order valence-electron chi connectivity index (χ0n) is 5.11. The predicted octanol–water partition coefficient (Wildman–Crippen LogP) is 2.55. The van der Waals surface area contributed by atoms with E-state index in [1.165, 1.54) is 0 Å². The number of rotatable bonds is 0. The van der Waals surface area contributed by atoms with Gasteiger partial charge in [0.2, 0.25) is 0 Å². The van der Waals surface area contributed by atoms with E-state index in [-0.39, 0.29) is 5.02 Å². The van der Waals surface area contributed by atoms with Crippen LogP contribution in [0.1, 0.15) is 5.56 Å². The summed E-state index contributed by atoms with van der Waals surface area (Å²) in [5.74, 6) is 0. The van der Waals surface area contributed by atoms with Gasteiger partial charge in [-0.15, -0.1) is 0 Å². The van der Waals surface area contributed by atoms with Gasteiger partial charge in [-0.2, -0.15) is 13.2 Å². The second-order valence-corrected chi connectivity index (χ2v) is 2.20. The summed E-state index contributed by atoms with van der Waals surface area (Å²) in [7, 11) is 0. The number of pyridine rings is 1. The minimum absolute atomic E-state index is 0.382. The van der Waals surface area contributed by atoms with Crippen LogP contribution >= 0.6 is 11.6 Å². The standard InChI is InChI=1S/C6H2ClF3N/c7-5-1-2-11-3-4(5)6(8,9)10/h1,3H. The fourth-order valence-electron chi connectivity index (χ4n) is 0.544. The zero-order chi connectivity index (χ0) is 8.48. The molecule has 1 aromatic rings. The lowest BCUT2D eigenvalue weighted by Crippen LogP contribution is -2.05. The highest BCUT2D eigenvalue weighted by Gasteiger charge is 2.33. The Morgan fingerprint density at radius 2 is 2.09 bits per heavy atom. The Kier molecular flexibility index (Phi) is 2.04. The van der Waals surface area contributed by atoms with Crippen LogP contribution in [0.2, 0.25) is 5.02 Å². The highest BCUT2D eigenvalue weighted by molar-refractivity contribution is 6.31. The van der Waals surface area contributed by atoms with Gasteiger partial charge in [0.05, 0.1) is 16.8 Å². The van der Waals surface area contributed by atoms with E-state index < -0.39 is 11.7 Å². The van der Waals surface area contributed by atoms with Crippen molar-refractivity contribution < 1.29 is 13.2 Å². The number of nitrogens with zero attached hydrogens (tertiary/aromatic N) is 1. The molecule has 0 N–H and O–H groups in total. The molecular weight excluding hydrogens is 179 g/mol. The zero-order valence-corrected chi connectivity index (χ0v) is 5.87. The molecule has 0 atom stereocenters. The highest BCUT2D eigenvalue weighted by atomic mass is 35.5. The molecule has 0 fully saturated rings. The largest absolute Gasteiger partial charge is 0.419 e. The predicted molar refractivity (Wildman–Crippen MR) is 33.1 cm³/mol. The van der Waals surface area contributed by atoms with Crippen LogP contribution in [0, 0.1) is 6.20 Å². The second kappa shape index (κ2) is 2.70. The fourth-order valence-corrected chi connectivity index (χ4v) is 0.749. The van der Waals surface area contributed by atoms with Crippen molar-refractivity contribution in [1.29, 1.82) is 0 Å². The summed E-state index contributed by atoms with van der Waals surface area (Å²) in [5.41, 5.74) is -0.932. The Morgan fingerprint density at radius 3 is 2.45 bits per heavy atom. The number of halogens is 4. The summed E-state index contributed by atoms with van der Waals surface area (Å²) in [5, 5.41) is -0.382. The topological polar surface area (TPSA) is 12.9 Å². The van der Waals surface area contributed by atoms with Crippen LogP contribution in [0.5, 0.6) is 0 Å². The molecule has 11 heavy (non-hydrogen) atoms. The van der Waals surface area contributed by atoms with E-state index in [0.717, 1.165) is 6.07 Å². The Bertz CT molecular complexity index is 258. The second-order valence-electron chi connectivity index (χ2n) is 1.79. The normalized spacial score (nSPS) is 11.6. The summed E-state index contributed by atoms with van der Waals surface area (Å²) < 4.78 is 35.7. The Morgan fingerprint density at radius 1 is 1.45 bits per heavy atom. The maximum atomic E-state index is 11.9. The van der Waals surface area contributed by atoms with Crippen molar-refractivity contribution in [3.8, 4) is 0 Å². The average Bonchev–Trinajstić information content (AvgIpc) is 1.86. The molecule has 0 amide bonds. The molecule has 0 aromatic carbocycles. The van der Waals surface area contributed by atoms with Crippen molar-refractivity contribution in [2.75, 3.05) is 0 Å². The van der Waals surface area contributed by atoms with Gasteiger partial charge in [0.25, 0.3) is 0 Å². The third-order valence-corrected chi connectivity index (χ3v) is 1.33. The number of alkyl halides is 3. The molecule has 0 bridgehead atoms. The third-order valence-electron chi connectivity index (χ3n) is 1.02. The van der Waals surface area contributed by atoms with Gasteiger partial charge in [0.15, 0.2) is 0 Å². The van der Waals surface area contributed by atoms with Crippen LogP contribution in [0.3, 0.4) is 0 Å². The van der Waals surface area contributed by atoms with Crippen LogP contribution in [0.4, 0.5) is 13.2 Å². The molecule has 1 heterocycles. The van der Waals surface area contributed by atoms with E-state index in [9.17, 15) is 13.2 Å². The van der Waals surface area contributed by atoms with Crippen molar-refractivity contribution in [3.63, 3.8) is 0 Å². The lowest BCUT2D eigenvalue weighted by atomic mass is 10.3. The lowest BCUT2D eigenvalue weighted by Gasteiger charge is -2.05. The summed E-state index contributed by atoms with van der Waals surface area (Å²) in [6.07, 6.45) is -1.60. The van der Waals surface area contributed by atoms with Gasteiger partial charge in [-0.05, 0) is 6.07 Å². The Labute approximate surface area is 65.8 Å². The molecule has 1 aromatic heterocycles. The fraction of sp³-hybridized carbons (Fsp3) is 0.167. The summed E-state index contributed by atoms with van der Waals surface area (Å²) in [4.78, 5) is 3.18. The number of hydrogen-bond donors (Lipinski definition) is 0. The average molecular weight is 181 g/mol. The van der Waals surface area contributed by atoms with Crippen LogP contribution in [-0.4, -0.2) is 4.98 Å². The van der Waals surface area contributed by atoms with Gasteiger partial charge in [0.1, 0.15) is 0 Å². The van der Waals surface area contributed by atoms with Crippen LogP contribution in [0.25, 0.3) is 0 Å². The van der Waals surface area contributed by atoms with Crippen molar-refractivity contribution >= 4 is 11.6 Å². The molecule has 0 saturated heterocycles. The van der Waals surface area contributed by atoms with Gasteiger partial charge in [0, 0.05) is 6.20 Å². The van der Waals surface area contributed by atoms with Crippen molar-refractivity contribution in [2.45, 2.75) is 6.18 Å². The van der Waals surface area contributed by atoms with Gasteiger partial charge < -0.3 is 0 Å². The molecule has 5 heteroatoms. The minimum Gasteiger partial charge on any atom is -0.254 e. The third kappa shape index (κ3) is 1.83. The van der Waals surface area contributed by atoms with Gasteiger partial charge in [-0.1, -0.05) is 11.6 Å². The molecule has 1 nitrogen and oxygen atoms in total. The SMILES string of the molecule is FC(F)(F)c1cn[c]cc1Cl. The molecule has 1 radical (unpaired) electrons. The smallest absolute Gasteiger partial charge is 0.254 e. The van der Waals surface area contributed by atoms with Gasteiger partial charge in [-0.25, -0.2) is 0 Å². The minimum atomic E-state index is -4.43. The van der Waals surface area contributed by atoms with E-state index in [1.807, 2.05) is 0 Å². The summed E-state index contributed by atoms with van der Waals surface area (Å²) >= 11 is 5.22. The first-order valence-corrected chi connectivity index (χ1v) is 2.98. The van der Waals surface area contributed by atoms with Gasteiger partial charge in [-0.3, -0.25) is 4.98 Å². The van der Waals surface area contributed by atoms with Crippen LogP contribution < -0.4 is 0 Å². The molecule has 0 aliphatic carbocycles. The Balaban J connectivity index is 3.14. The van der Waals surface area contributed by atoms with Crippen molar-refractivity contribution in [3.05, 3.63) is 29.0 Å². The molecule has 1 rings (SSSR count). The monoisotopic (exact) mass is 180 g/mol. The van der Waals surface area contributed by atoms with E-state index >= 15 is 0 Å². The molecule has 0 unspecified atom stereocenters. The van der Waals surface area contributed by atoms with E-state index in [0.29, 0.717) is 6.20 Å². The lowest BCUT2D eigenvalue weighted by molar-refractivity contribution is -0.137. The van der Waals surface area contributed by atoms with Crippen LogP contribution in [0.15, 0.2) is 12.3 Å². The van der Waals surface area contributed by atoms with Gasteiger partial charge >= 0.3 is 6.18 Å². The maximum Gasteiger partial charge on any atom is 0.419 e. The molecule has 59 valence electrons. The number of hydrogen-bond acceptors (Lipinski definition) is 1. The molecule has 0 spiro atoms. The molecule has 0 aliphatic rings. The summed E-state index contributed by atoms with van der Waals surface area (Å²) in [6.45, 7) is 0.